The van der Waals surface area contributed by atoms with Crippen molar-refractivity contribution in [3.05, 3.63) is 70.0 Å². The van der Waals surface area contributed by atoms with Gasteiger partial charge in [-0.25, -0.2) is 9.37 Å². The topological polar surface area (TPSA) is 41.4 Å². The number of aromatic nitrogens is 2. The van der Waals surface area contributed by atoms with Crippen LogP contribution in [0.2, 0.25) is 0 Å². The molecule has 1 saturated heterocycles. The summed E-state index contributed by atoms with van der Waals surface area (Å²) in [7, 11) is 0. The van der Waals surface area contributed by atoms with Crippen molar-refractivity contribution in [2.45, 2.75) is 19.6 Å². The lowest BCUT2D eigenvalue weighted by molar-refractivity contribution is -0.137. The average Bonchev–Trinajstić information content (AvgIpc) is 2.74. The van der Waals surface area contributed by atoms with Crippen LogP contribution in [0, 0.1) is 5.82 Å². The maximum Gasteiger partial charge on any atom is 0.416 e. The fourth-order valence-corrected chi connectivity index (χ4v) is 3.86. The lowest BCUT2D eigenvalue weighted by Crippen LogP contribution is -2.46. The van der Waals surface area contributed by atoms with E-state index in [0.717, 1.165) is 49.4 Å². The molecule has 0 amide bonds. The molecule has 0 spiro atoms. The second-order valence-corrected chi connectivity index (χ2v) is 7.56. The molecule has 31 heavy (non-hydrogen) atoms. The Morgan fingerprint density at radius 1 is 1.00 bits per heavy atom. The van der Waals surface area contributed by atoms with Crippen molar-refractivity contribution < 1.29 is 17.6 Å². The number of piperazine rings is 1. The largest absolute Gasteiger partial charge is 0.416 e. The van der Waals surface area contributed by atoms with Crippen LogP contribution in [0.15, 0.2) is 47.3 Å². The minimum Gasteiger partial charge on any atom is -0.301 e. The number of hydrogen-bond donors (Lipinski definition) is 0. The number of para-hydroxylation sites is 1. The third-order valence-electron chi connectivity index (χ3n) is 5.64. The van der Waals surface area contributed by atoms with E-state index in [0.29, 0.717) is 5.82 Å². The monoisotopic (exact) mass is 434 g/mol. The van der Waals surface area contributed by atoms with Crippen LogP contribution in [-0.4, -0.2) is 52.1 Å². The lowest BCUT2D eigenvalue weighted by atomic mass is 10.1. The number of likely N-dealkylation sites (N-methyl/N-ethyl adjacent to an activating group) is 1. The predicted molar refractivity (Wildman–Crippen MR) is 110 cm³/mol. The maximum absolute atomic E-state index is 14.6. The van der Waals surface area contributed by atoms with E-state index >= 15 is 0 Å². The summed E-state index contributed by atoms with van der Waals surface area (Å²) in [5.41, 5.74) is -1.53. The van der Waals surface area contributed by atoms with Gasteiger partial charge in [0.2, 0.25) is 0 Å². The Hall–Kier alpha value is -2.78. The zero-order valence-corrected chi connectivity index (χ0v) is 17.0. The van der Waals surface area contributed by atoms with Crippen molar-refractivity contribution in [1.29, 1.82) is 0 Å². The Morgan fingerprint density at radius 3 is 2.32 bits per heavy atom. The molecule has 0 N–H and O–H groups in total. The molecule has 0 aliphatic carbocycles. The Kier molecular flexibility index (Phi) is 5.81. The smallest absolute Gasteiger partial charge is 0.301 e. The van der Waals surface area contributed by atoms with Crippen molar-refractivity contribution in [3.8, 4) is 5.69 Å². The van der Waals surface area contributed by atoms with Gasteiger partial charge in [0.05, 0.1) is 28.7 Å². The molecule has 3 aromatic rings. The van der Waals surface area contributed by atoms with Crippen molar-refractivity contribution in [1.82, 2.24) is 19.4 Å². The predicted octanol–water partition coefficient (Wildman–Crippen LogP) is 3.68. The third kappa shape index (κ3) is 4.33. The van der Waals surface area contributed by atoms with E-state index in [2.05, 4.69) is 21.7 Å². The number of fused-ring (bicyclic) bond motifs is 1. The molecular weight excluding hydrogens is 412 g/mol. The minimum absolute atomic E-state index is 0.0264. The quantitative estimate of drug-likeness (QED) is 0.588. The van der Waals surface area contributed by atoms with Crippen molar-refractivity contribution in [3.63, 3.8) is 0 Å². The summed E-state index contributed by atoms with van der Waals surface area (Å²) in [4.78, 5) is 22.2. The van der Waals surface area contributed by atoms with E-state index in [1.165, 1.54) is 24.3 Å². The number of rotatable bonds is 4. The van der Waals surface area contributed by atoms with Gasteiger partial charge in [-0.05, 0) is 36.9 Å². The SMILES string of the molecule is CCN1CCN(Cc2nc3ccc(C(F)(F)F)cc3c(=O)n2-c2ccccc2F)CC1. The van der Waals surface area contributed by atoms with E-state index in [4.69, 9.17) is 0 Å². The standard InChI is InChI=1S/C22H22F4N4O/c1-2-28-9-11-29(12-10-28)14-20-27-18-8-7-15(22(24,25)26)13-16(18)21(31)30(20)19-6-4-3-5-17(19)23/h3-8,13H,2,9-12,14H2,1H3. The molecule has 0 unspecified atom stereocenters. The fraction of sp³-hybridized carbons (Fsp3) is 0.364. The lowest BCUT2D eigenvalue weighted by Gasteiger charge is -2.34. The number of nitrogens with zero attached hydrogens (tertiary/aromatic N) is 4. The first-order valence-electron chi connectivity index (χ1n) is 10.1. The highest BCUT2D eigenvalue weighted by Crippen LogP contribution is 2.30. The Labute approximate surface area is 176 Å². The van der Waals surface area contributed by atoms with Crippen LogP contribution in [0.5, 0.6) is 0 Å². The highest BCUT2D eigenvalue weighted by Gasteiger charge is 2.31. The molecule has 1 aliphatic rings. The number of hydrogen-bond acceptors (Lipinski definition) is 4. The summed E-state index contributed by atoms with van der Waals surface area (Å²) < 4.78 is 55.2. The minimum atomic E-state index is -4.60. The summed E-state index contributed by atoms with van der Waals surface area (Å²) in [6, 6.07) is 8.59. The van der Waals surface area contributed by atoms with Crippen LogP contribution in [0.3, 0.4) is 0 Å². The van der Waals surface area contributed by atoms with Crippen molar-refractivity contribution >= 4 is 10.9 Å². The normalized spacial score (nSPS) is 16.2. The molecule has 9 heteroatoms. The first kappa shape index (κ1) is 21.5. The average molecular weight is 434 g/mol. The summed E-state index contributed by atoms with van der Waals surface area (Å²) in [6.07, 6.45) is -4.60. The highest BCUT2D eigenvalue weighted by atomic mass is 19.4. The molecule has 0 bridgehead atoms. The molecule has 0 radical (unpaired) electrons. The third-order valence-corrected chi connectivity index (χ3v) is 5.64. The first-order chi connectivity index (χ1) is 14.8. The van der Waals surface area contributed by atoms with Gasteiger partial charge < -0.3 is 4.90 Å². The van der Waals surface area contributed by atoms with Crippen LogP contribution < -0.4 is 5.56 Å². The molecule has 5 nitrogen and oxygen atoms in total. The second-order valence-electron chi connectivity index (χ2n) is 7.56. The van der Waals surface area contributed by atoms with Gasteiger partial charge in [0, 0.05) is 26.2 Å². The van der Waals surface area contributed by atoms with Crippen LogP contribution >= 0.6 is 0 Å². The van der Waals surface area contributed by atoms with Crippen molar-refractivity contribution in [2.24, 2.45) is 0 Å². The molecule has 1 fully saturated rings. The molecule has 164 valence electrons. The van der Waals surface area contributed by atoms with Gasteiger partial charge in [0.15, 0.2) is 0 Å². The molecule has 2 heterocycles. The Bertz CT molecular complexity index is 1150. The van der Waals surface area contributed by atoms with Crippen LogP contribution in [0.1, 0.15) is 18.3 Å². The number of halogens is 4. The summed E-state index contributed by atoms with van der Waals surface area (Å²) in [5.74, 6) is -0.345. The first-order valence-corrected chi connectivity index (χ1v) is 10.1. The second kappa shape index (κ2) is 8.39. The van der Waals surface area contributed by atoms with Crippen LogP contribution in [0.25, 0.3) is 16.6 Å². The van der Waals surface area contributed by atoms with Gasteiger partial charge in [-0.15, -0.1) is 0 Å². The number of benzene rings is 2. The van der Waals surface area contributed by atoms with Crippen molar-refractivity contribution in [2.75, 3.05) is 32.7 Å². The summed E-state index contributed by atoms with van der Waals surface area (Å²) >= 11 is 0. The Balaban J connectivity index is 1.85. The fourth-order valence-electron chi connectivity index (χ4n) is 3.86. The molecule has 2 aromatic carbocycles. The Morgan fingerprint density at radius 2 is 1.68 bits per heavy atom. The maximum atomic E-state index is 14.6. The number of alkyl halides is 3. The molecule has 0 saturated carbocycles. The van der Waals surface area contributed by atoms with E-state index in [-0.39, 0.29) is 23.1 Å². The summed E-state index contributed by atoms with van der Waals surface area (Å²) in [5, 5.41) is -0.197. The van der Waals surface area contributed by atoms with E-state index in [9.17, 15) is 22.4 Å². The summed E-state index contributed by atoms with van der Waals surface area (Å²) in [6.45, 7) is 6.57. The van der Waals surface area contributed by atoms with Gasteiger partial charge in [-0.3, -0.25) is 14.3 Å². The van der Waals surface area contributed by atoms with Crippen LogP contribution in [0.4, 0.5) is 17.6 Å². The molecular formula is C22H22F4N4O. The van der Waals surface area contributed by atoms with Gasteiger partial charge in [-0.1, -0.05) is 19.1 Å². The van der Waals surface area contributed by atoms with Crippen LogP contribution in [-0.2, 0) is 12.7 Å². The zero-order valence-electron chi connectivity index (χ0n) is 17.0. The highest BCUT2D eigenvalue weighted by molar-refractivity contribution is 5.79. The van der Waals surface area contributed by atoms with Gasteiger partial charge >= 0.3 is 6.18 Å². The molecule has 4 rings (SSSR count). The van der Waals surface area contributed by atoms with Gasteiger partial charge in [-0.2, -0.15) is 13.2 Å². The molecule has 0 atom stereocenters. The van der Waals surface area contributed by atoms with E-state index in [1.54, 1.807) is 6.07 Å². The van der Waals surface area contributed by atoms with Gasteiger partial charge in [0.1, 0.15) is 11.6 Å². The van der Waals surface area contributed by atoms with E-state index < -0.39 is 23.1 Å². The zero-order chi connectivity index (χ0) is 22.2. The molecule has 1 aromatic heterocycles. The van der Waals surface area contributed by atoms with Gasteiger partial charge in [0.25, 0.3) is 5.56 Å². The van der Waals surface area contributed by atoms with E-state index in [1.807, 2.05) is 0 Å². The molecule has 1 aliphatic heterocycles.